The van der Waals surface area contributed by atoms with Crippen LogP contribution in [0.15, 0.2) is 77.5 Å². The van der Waals surface area contributed by atoms with Gasteiger partial charge in [-0.2, -0.15) is 4.72 Å². The van der Waals surface area contributed by atoms with Gasteiger partial charge in [-0.25, -0.2) is 12.8 Å². The maximum Gasteiger partial charge on any atom is 0.244 e. The lowest BCUT2D eigenvalue weighted by atomic mass is 9.88. The lowest BCUT2D eigenvalue weighted by Gasteiger charge is -2.31. The van der Waals surface area contributed by atoms with Crippen LogP contribution in [-0.2, 0) is 10.0 Å². The Labute approximate surface area is 146 Å². The molecule has 1 aliphatic rings. The number of nitrogens with one attached hydrogen (secondary N) is 1. The van der Waals surface area contributed by atoms with Crippen molar-refractivity contribution in [3.05, 3.63) is 78.1 Å². The van der Waals surface area contributed by atoms with Crippen LogP contribution < -0.4 is 10.5 Å². The maximum atomic E-state index is 15.7. The van der Waals surface area contributed by atoms with Gasteiger partial charge < -0.3 is 5.73 Å². The van der Waals surface area contributed by atoms with Crippen molar-refractivity contribution in [2.45, 2.75) is 17.1 Å². The summed E-state index contributed by atoms with van der Waals surface area (Å²) in [5.41, 5.74) is 7.26. The predicted molar refractivity (Wildman–Crippen MR) is 94.6 cm³/mol. The molecule has 0 saturated carbocycles. The number of hydrogen-bond acceptors (Lipinski definition) is 4. The van der Waals surface area contributed by atoms with Crippen LogP contribution in [0.5, 0.6) is 0 Å². The highest BCUT2D eigenvalue weighted by atomic mass is 32.2. The monoisotopic (exact) mass is 359 g/mol. The number of pyridine rings is 1. The van der Waals surface area contributed by atoms with E-state index in [1.807, 2.05) is 6.07 Å². The molecular weight excluding hydrogens is 341 g/mol. The Morgan fingerprint density at radius 1 is 1.20 bits per heavy atom. The van der Waals surface area contributed by atoms with Crippen LogP contribution in [0.3, 0.4) is 0 Å². The maximum absolute atomic E-state index is 15.7. The molecule has 0 bridgehead atoms. The van der Waals surface area contributed by atoms with E-state index in [4.69, 9.17) is 5.73 Å². The minimum absolute atomic E-state index is 0.0898. The van der Waals surface area contributed by atoms with Crippen LogP contribution in [0.25, 0.3) is 5.57 Å². The zero-order chi connectivity index (χ0) is 17.9. The first-order valence-electron chi connectivity index (χ1n) is 7.74. The second kappa shape index (κ2) is 6.87. The van der Waals surface area contributed by atoms with Gasteiger partial charge in [-0.3, -0.25) is 4.98 Å². The summed E-state index contributed by atoms with van der Waals surface area (Å²) in [4.78, 5) is 3.69. The topological polar surface area (TPSA) is 85.1 Å². The number of hydrogen-bond donors (Lipinski definition) is 2. The summed E-state index contributed by atoms with van der Waals surface area (Å²) in [6.07, 6.45) is 5.71. The van der Waals surface area contributed by atoms with Crippen LogP contribution in [-0.4, -0.2) is 25.7 Å². The molecule has 5 nitrogen and oxygen atoms in total. The Balaban J connectivity index is 2.02. The quantitative estimate of drug-likeness (QED) is 0.803. The summed E-state index contributed by atoms with van der Waals surface area (Å²) < 4.78 is 43.1. The molecule has 0 amide bonds. The van der Waals surface area contributed by atoms with Gasteiger partial charge in [0.2, 0.25) is 15.8 Å². The highest BCUT2D eigenvalue weighted by Gasteiger charge is 2.40. The van der Waals surface area contributed by atoms with E-state index < -0.39 is 15.8 Å². The highest BCUT2D eigenvalue weighted by molar-refractivity contribution is 7.89. The largest absolute Gasteiger partial charge is 0.327 e. The Hall–Kier alpha value is -2.35. The van der Waals surface area contributed by atoms with Gasteiger partial charge in [0.15, 0.2) is 0 Å². The van der Waals surface area contributed by atoms with Crippen molar-refractivity contribution in [2.24, 2.45) is 5.73 Å². The van der Waals surface area contributed by atoms with Crippen molar-refractivity contribution in [3.8, 4) is 0 Å². The summed E-state index contributed by atoms with van der Waals surface area (Å²) in [6, 6.07) is 11.7. The third kappa shape index (κ3) is 3.68. The molecular formula is C18H18FN3O2S. The number of halogens is 1. The first-order chi connectivity index (χ1) is 11.9. The molecule has 1 aliphatic carbocycles. The van der Waals surface area contributed by atoms with Gasteiger partial charge in [-0.05, 0) is 29.3 Å². The Kier molecular flexibility index (Phi) is 4.80. The van der Waals surface area contributed by atoms with E-state index in [1.165, 1.54) is 24.5 Å². The van der Waals surface area contributed by atoms with Crippen LogP contribution in [0.4, 0.5) is 4.39 Å². The molecule has 1 unspecified atom stereocenters. The first kappa shape index (κ1) is 17.5. The first-order valence-corrected chi connectivity index (χ1v) is 9.22. The predicted octanol–water partition coefficient (Wildman–Crippen LogP) is 2.40. The van der Waals surface area contributed by atoms with Crippen molar-refractivity contribution in [1.82, 2.24) is 9.71 Å². The van der Waals surface area contributed by atoms with E-state index in [-0.39, 0.29) is 23.4 Å². The highest BCUT2D eigenvalue weighted by Crippen LogP contribution is 2.37. The zero-order valence-corrected chi connectivity index (χ0v) is 14.2. The number of aromatic nitrogens is 1. The fourth-order valence-electron chi connectivity index (χ4n) is 2.69. The molecule has 25 heavy (non-hydrogen) atoms. The zero-order valence-electron chi connectivity index (χ0n) is 13.4. The smallest absolute Gasteiger partial charge is 0.244 e. The van der Waals surface area contributed by atoms with Gasteiger partial charge in [-0.1, -0.05) is 36.4 Å². The van der Waals surface area contributed by atoms with Crippen molar-refractivity contribution in [1.29, 1.82) is 0 Å². The molecule has 7 heteroatoms. The van der Waals surface area contributed by atoms with Gasteiger partial charge in [0.1, 0.15) is 4.90 Å². The van der Waals surface area contributed by atoms with E-state index in [9.17, 15) is 8.42 Å². The normalized spacial score (nSPS) is 20.7. The molecule has 1 aromatic carbocycles. The number of sulfonamides is 1. The number of rotatable bonds is 5. The van der Waals surface area contributed by atoms with E-state index in [2.05, 4.69) is 9.71 Å². The fourth-order valence-corrected chi connectivity index (χ4v) is 3.88. The van der Waals surface area contributed by atoms with Crippen LogP contribution in [0, 0.1) is 0 Å². The Bertz CT molecular complexity index is 912. The second-order valence-electron chi connectivity index (χ2n) is 5.71. The van der Waals surface area contributed by atoms with Crippen molar-refractivity contribution in [2.75, 3.05) is 6.54 Å². The lowest BCUT2D eigenvalue weighted by molar-refractivity contribution is 0.227. The van der Waals surface area contributed by atoms with E-state index in [0.717, 1.165) is 5.57 Å². The van der Waals surface area contributed by atoms with Crippen molar-refractivity contribution < 1.29 is 12.8 Å². The molecule has 0 fully saturated rings. The van der Waals surface area contributed by atoms with Gasteiger partial charge >= 0.3 is 0 Å². The number of nitrogens with two attached hydrogens (primary N) is 1. The van der Waals surface area contributed by atoms with Gasteiger partial charge in [0.05, 0.1) is 0 Å². The fraction of sp³-hybridized carbons (Fsp3) is 0.167. The Morgan fingerprint density at radius 2 is 1.96 bits per heavy atom. The third-order valence-electron chi connectivity index (χ3n) is 3.96. The molecule has 0 spiro atoms. The standard InChI is InChI=1S/C18H18FN3O2S/c19-18(22-25(23,24)16-7-4-10-21-13-16)9-8-14(12-20)11-17(18)15-5-2-1-3-6-15/h1-8,10-11,13,22H,9,12,20H2. The SMILES string of the molecule is NCC1=CCC(F)(NS(=O)(=O)c2cccnc2)C(c2ccccc2)=C1. The molecule has 3 N–H and O–H groups in total. The third-order valence-corrected chi connectivity index (χ3v) is 5.42. The summed E-state index contributed by atoms with van der Waals surface area (Å²) in [6.45, 7) is 0.252. The average molecular weight is 359 g/mol. The number of nitrogens with zero attached hydrogens (tertiary/aromatic N) is 1. The minimum atomic E-state index is -4.07. The van der Waals surface area contributed by atoms with Crippen LogP contribution in [0.2, 0.25) is 0 Å². The molecule has 0 aliphatic heterocycles. The summed E-state index contributed by atoms with van der Waals surface area (Å²) in [7, 11) is -4.07. The van der Waals surface area contributed by atoms with Crippen molar-refractivity contribution >= 4 is 15.6 Å². The van der Waals surface area contributed by atoms with Crippen LogP contribution in [0.1, 0.15) is 12.0 Å². The summed E-state index contributed by atoms with van der Waals surface area (Å²) in [5, 5.41) is 0. The second-order valence-corrected chi connectivity index (χ2v) is 7.39. The summed E-state index contributed by atoms with van der Waals surface area (Å²) >= 11 is 0. The van der Waals surface area contributed by atoms with Gasteiger partial charge in [0, 0.05) is 30.9 Å². The molecule has 0 radical (unpaired) electrons. The van der Waals surface area contributed by atoms with Crippen molar-refractivity contribution in [3.63, 3.8) is 0 Å². The molecule has 1 heterocycles. The van der Waals surface area contributed by atoms with E-state index in [0.29, 0.717) is 5.56 Å². The average Bonchev–Trinajstić information content (AvgIpc) is 2.63. The number of benzene rings is 1. The lowest BCUT2D eigenvalue weighted by Crippen LogP contribution is -2.46. The molecule has 0 saturated heterocycles. The van der Waals surface area contributed by atoms with E-state index >= 15 is 4.39 Å². The molecule has 1 aromatic heterocycles. The Morgan fingerprint density at radius 3 is 2.60 bits per heavy atom. The minimum Gasteiger partial charge on any atom is -0.327 e. The molecule has 2 aromatic rings. The van der Waals surface area contributed by atoms with Gasteiger partial charge in [-0.15, -0.1) is 0 Å². The number of alkyl halides is 1. The van der Waals surface area contributed by atoms with E-state index in [1.54, 1.807) is 36.4 Å². The van der Waals surface area contributed by atoms with Gasteiger partial charge in [0.25, 0.3) is 0 Å². The summed E-state index contributed by atoms with van der Waals surface area (Å²) in [5.74, 6) is -2.27. The molecule has 130 valence electrons. The molecule has 3 rings (SSSR count). The van der Waals surface area contributed by atoms with Crippen LogP contribution >= 0.6 is 0 Å². The molecule has 1 atom stereocenters.